The lowest BCUT2D eigenvalue weighted by Gasteiger charge is -2.04. The molecule has 0 unspecified atom stereocenters. The van der Waals surface area contributed by atoms with Gasteiger partial charge >= 0.3 is 5.97 Å². The highest BCUT2D eigenvalue weighted by atomic mass is 32.2. The summed E-state index contributed by atoms with van der Waals surface area (Å²) in [5, 5.41) is 20.1. The molecule has 0 aliphatic carbocycles. The largest absolute Gasteiger partial charge is 0.506 e. The summed E-state index contributed by atoms with van der Waals surface area (Å²) >= 11 is 1.19. The molecule has 0 saturated heterocycles. The summed E-state index contributed by atoms with van der Waals surface area (Å²) in [6.45, 7) is 3.88. The van der Waals surface area contributed by atoms with Crippen LogP contribution in [0.1, 0.15) is 23.6 Å². The van der Waals surface area contributed by atoms with Crippen molar-refractivity contribution >= 4 is 34.5 Å². The third kappa shape index (κ3) is 4.33. The van der Waals surface area contributed by atoms with E-state index in [0.29, 0.717) is 21.2 Å². The molecule has 0 spiro atoms. The van der Waals surface area contributed by atoms with Crippen LogP contribution in [-0.2, 0) is 9.53 Å². The molecule has 1 N–H and O–H groups in total. The predicted molar refractivity (Wildman–Crippen MR) is 111 cm³/mol. The van der Waals surface area contributed by atoms with Crippen molar-refractivity contribution in [2.45, 2.75) is 13.8 Å². The third-order valence-corrected chi connectivity index (χ3v) is 4.97. The van der Waals surface area contributed by atoms with Crippen molar-refractivity contribution in [3.63, 3.8) is 0 Å². The van der Waals surface area contributed by atoms with Crippen molar-refractivity contribution in [1.29, 1.82) is 5.26 Å². The van der Waals surface area contributed by atoms with Crippen molar-refractivity contribution in [3.05, 3.63) is 81.5 Å². The van der Waals surface area contributed by atoms with Gasteiger partial charge in [0.1, 0.15) is 16.4 Å². The van der Waals surface area contributed by atoms with Crippen LogP contribution in [0, 0.1) is 18.3 Å². The number of hydrogen-bond donors (Lipinski definition) is 1. The second-order valence-electron chi connectivity index (χ2n) is 6.04. The molecule has 28 heavy (non-hydrogen) atoms. The average Bonchev–Trinajstić information content (AvgIpc) is 2.99. The lowest BCUT2D eigenvalue weighted by molar-refractivity contribution is -0.138. The van der Waals surface area contributed by atoms with E-state index < -0.39 is 5.97 Å². The van der Waals surface area contributed by atoms with Gasteiger partial charge in [0.05, 0.1) is 28.8 Å². The molecule has 0 atom stereocenters. The first-order valence-electron chi connectivity index (χ1n) is 8.68. The minimum Gasteiger partial charge on any atom is -0.506 e. The Hall–Kier alpha value is -3.30. The Morgan fingerprint density at radius 3 is 2.71 bits per heavy atom. The molecule has 0 fully saturated rings. The number of thioether (sulfide) groups is 1. The van der Waals surface area contributed by atoms with E-state index in [-0.39, 0.29) is 17.9 Å². The topological polar surface area (TPSA) is 82.7 Å². The Morgan fingerprint density at radius 2 is 2.04 bits per heavy atom. The number of benzene rings is 2. The number of nitrogens with zero attached hydrogens (tertiary/aromatic N) is 2. The molecule has 2 aromatic carbocycles. The first-order chi connectivity index (χ1) is 13.5. The van der Waals surface area contributed by atoms with E-state index in [2.05, 4.69) is 11.1 Å². The SMILES string of the molecule is CCOC(=O)C1=C(O)/C(=C\c2cccc(C#N)c2)SC1=Nc1ccc(C)cc1. The Morgan fingerprint density at radius 1 is 1.29 bits per heavy atom. The van der Waals surface area contributed by atoms with E-state index in [1.54, 1.807) is 31.2 Å². The second kappa shape index (κ2) is 8.59. The van der Waals surface area contributed by atoms with Crippen molar-refractivity contribution in [2.24, 2.45) is 4.99 Å². The second-order valence-corrected chi connectivity index (χ2v) is 7.08. The van der Waals surface area contributed by atoms with Gasteiger partial charge in [-0.25, -0.2) is 9.79 Å². The monoisotopic (exact) mass is 390 g/mol. The van der Waals surface area contributed by atoms with Crippen LogP contribution >= 0.6 is 11.8 Å². The van der Waals surface area contributed by atoms with Gasteiger partial charge < -0.3 is 9.84 Å². The third-order valence-electron chi connectivity index (χ3n) is 3.95. The minimum atomic E-state index is -0.618. The molecule has 0 aromatic heterocycles. The molecular formula is C22H18N2O3S. The van der Waals surface area contributed by atoms with Crippen LogP contribution in [0.15, 0.2) is 69.8 Å². The molecule has 0 saturated carbocycles. The Labute approximate surface area is 167 Å². The van der Waals surface area contributed by atoms with Gasteiger partial charge in [-0.05, 0) is 49.8 Å². The van der Waals surface area contributed by atoms with Crippen LogP contribution in [0.2, 0.25) is 0 Å². The average molecular weight is 390 g/mol. The molecule has 140 valence electrons. The molecule has 5 nitrogen and oxygen atoms in total. The Kier molecular flexibility index (Phi) is 5.97. The maximum Gasteiger partial charge on any atom is 0.344 e. The summed E-state index contributed by atoms with van der Waals surface area (Å²) in [5.74, 6) is -0.788. The van der Waals surface area contributed by atoms with E-state index in [9.17, 15) is 9.90 Å². The van der Waals surface area contributed by atoms with Crippen LogP contribution in [0.3, 0.4) is 0 Å². The summed E-state index contributed by atoms with van der Waals surface area (Å²) in [4.78, 5) is 17.4. The molecule has 1 aliphatic rings. The smallest absolute Gasteiger partial charge is 0.344 e. The number of rotatable bonds is 4. The summed E-state index contributed by atoms with van der Waals surface area (Å²) in [6.07, 6.45) is 1.72. The maximum atomic E-state index is 12.4. The summed E-state index contributed by atoms with van der Waals surface area (Å²) < 4.78 is 5.10. The maximum absolute atomic E-state index is 12.4. The Bertz CT molecular complexity index is 1040. The van der Waals surface area contributed by atoms with Crippen LogP contribution in [0.5, 0.6) is 0 Å². The number of esters is 1. The zero-order valence-electron chi connectivity index (χ0n) is 15.5. The normalized spacial score (nSPS) is 16.5. The van der Waals surface area contributed by atoms with E-state index in [1.807, 2.05) is 37.3 Å². The number of aliphatic imine (C=N–C) groups is 1. The van der Waals surface area contributed by atoms with Crippen molar-refractivity contribution in [3.8, 4) is 6.07 Å². The highest BCUT2D eigenvalue weighted by Gasteiger charge is 2.33. The highest BCUT2D eigenvalue weighted by Crippen LogP contribution is 2.40. The summed E-state index contributed by atoms with van der Waals surface area (Å²) in [7, 11) is 0. The standard InChI is InChI=1S/C22H18N2O3S/c1-3-27-22(26)19-20(25)18(12-15-5-4-6-16(11-15)13-23)28-21(19)24-17-9-7-14(2)8-10-17/h4-12,25H,3H2,1-2H3/b18-12+,24-21?. The van der Waals surface area contributed by atoms with Gasteiger partial charge in [0.25, 0.3) is 0 Å². The number of hydrogen-bond acceptors (Lipinski definition) is 6. The quantitative estimate of drug-likeness (QED) is 0.738. The number of nitriles is 1. The summed E-state index contributed by atoms with van der Waals surface area (Å²) in [6, 6.07) is 16.6. The molecular weight excluding hydrogens is 372 g/mol. The predicted octanol–water partition coefficient (Wildman–Crippen LogP) is 5.06. The zero-order valence-corrected chi connectivity index (χ0v) is 16.3. The number of aliphatic hydroxyl groups excluding tert-OH is 1. The van der Waals surface area contributed by atoms with Gasteiger partial charge in [-0.3, -0.25) is 0 Å². The molecule has 0 amide bonds. The molecule has 0 radical (unpaired) electrons. The lowest BCUT2D eigenvalue weighted by atomic mass is 10.1. The van der Waals surface area contributed by atoms with Gasteiger partial charge in [0, 0.05) is 0 Å². The van der Waals surface area contributed by atoms with Crippen LogP contribution in [0.4, 0.5) is 5.69 Å². The van der Waals surface area contributed by atoms with Crippen molar-refractivity contribution in [1.82, 2.24) is 0 Å². The van der Waals surface area contributed by atoms with Gasteiger partial charge in [-0.1, -0.05) is 41.6 Å². The number of aryl methyl sites for hydroxylation is 1. The number of carbonyl (C=O) groups is 1. The highest BCUT2D eigenvalue weighted by molar-refractivity contribution is 8.18. The van der Waals surface area contributed by atoms with E-state index >= 15 is 0 Å². The number of ether oxygens (including phenoxy) is 1. The molecule has 6 heteroatoms. The van der Waals surface area contributed by atoms with Crippen molar-refractivity contribution in [2.75, 3.05) is 6.61 Å². The fourth-order valence-corrected chi connectivity index (χ4v) is 3.61. The first-order valence-corrected chi connectivity index (χ1v) is 9.49. The fourth-order valence-electron chi connectivity index (χ4n) is 2.58. The number of aliphatic hydroxyl groups is 1. The minimum absolute atomic E-state index is 0.0510. The van der Waals surface area contributed by atoms with Gasteiger partial charge in [0.15, 0.2) is 0 Å². The van der Waals surface area contributed by atoms with Crippen LogP contribution in [-0.4, -0.2) is 22.7 Å². The van der Waals surface area contributed by atoms with Gasteiger partial charge in [0.2, 0.25) is 0 Å². The van der Waals surface area contributed by atoms with E-state index in [4.69, 9.17) is 10.00 Å². The van der Waals surface area contributed by atoms with E-state index in [0.717, 1.165) is 11.1 Å². The molecule has 2 aromatic rings. The Balaban J connectivity index is 2.04. The first kappa shape index (κ1) is 19.5. The zero-order chi connectivity index (χ0) is 20.1. The van der Waals surface area contributed by atoms with Gasteiger partial charge in [-0.15, -0.1) is 0 Å². The number of carbonyl (C=O) groups excluding carboxylic acids is 1. The summed E-state index contributed by atoms with van der Waals surface area (Å²) in [5.41, 5.74) is 3.09. The van der Waals surface area contributed by atoms with Crippen LogP contribution < -0.4 is 0 Å². The fraction of sp³-hybridized carbons (Fsp3) is 0.136. The lowest BCUT2D eigenvalue weighted by Crippen LogP contribution is -2.12. The molecule has 1 aliphatic heterocycles. The molecule has 1 heterocycles. The van der Waals surface area contributed by atoms with Gasteiger partial charge in [-0.2, -0.15) is 5.26 Å². The van der Waals surface area contributed by atoms with E-state index in [1.165, 1.54) is 11.8 Å². The van der Waals surface area contributed by atoms with Crippen LogP contribution in [0.25, 0.3) is 6.08 Å². The molecule has 3 rings (SSSR count). The van der Waals surface area contributed by atoms with Crippen molar-refractivity contribution < 1.29 is 14.6 Å². The molecule has 0 bridgehead atoms.